The molecule has 4 rings (SSSR count). The first kappa shape index (κ1) is 21.6. The molecule has 0 bridgehead atoms. The summed E-state index contributed by atoms with van der Waals surface area (Å²) in [5.74, 6) is -1.76. The molecule has 9 heteroatoms. The Hall–Kier alpha value is -2.62. The molecule has 1 fully saturated rings. The van der Waals surface area contributed by atoms with Gasteiger partial charge in [-0.2, -0.15) is 0 Å². The maximum Gasteiger partial charge on any atom is 0.196 e. The molecule has 31 heavy (non-hydrogen) atoms. The lowest BCUT2D eigenvalue weighted by molar-refractivity contribution is 0.0902. The predicted molar refractivity (Wildman–Crippen MR) is 112 cm³/mol. The number of rotatable bonds is 8. The number of Topliss-reactive ketones (excluding diaryl/α,β-unsaturated/α-hetero) is 1. The largest absolute Gasteiger partial charge is 0.388 e. The lowest BCUT2D eigenvalue weighted by Crippen LogP contribution is -2.21. The second-order valence-corrected chi connectivity index (χ2v) is 8.38. The summed E-state index contributed by atoms with van der Waals surface area (Å²) < 4.78 is 31.1. The standard InChI is InChI=1S/C22H22F2N4O2S/c23-17-10-16(19(30)14-29)11-18(24)21(17)31-22-26-25-20(13-27-8-4-5-9-27)28(22)12-15-6-2-1-3-7-15/h1-3,6-7,10-11,29H,4-5,8-9,12-14H2. The lowest BCUT2D eigenvalue weighted by Gasteiger charge is -2.16. The highest BCUT2D eigenvalue weighted by Crippen LogP contribution is 2.33. The number of ketones is 1. The van der Waals surface area contributed by atoms with E-state index < -0.39 is 24.0 Å². The number of aromatic nitrogens is 3. The van der Waals surface area contributed by atoms with Crippen molar-refractivity contribution in [2.45, 2.75) is 36.0 Å². The zero-order valence-corrected chi connectivity index (χ0v) is 17.6. The van der Waals surface area contributed by atoms with Gasteiger partial charge < -0.3 is 9.67 Å². The minimum atomic E-state index is -0.878. The second kappa shape index (κ2) is 9.67. The van der Waals surface area contributed by atoms with Crippen LogP contribution in [0, 0.1) is 11.6 Å². The van der Waals surface area contributed by atoms with Gasteiger partial charge in [0.1, 0.15) is 24.1 Å². The number of aliphatic hydroxyl groups excluding tert-OH is 1. The van der Waals surface area contributed by atoms with E-state index in [9.17, 15) is 13.6 Å². The molecule has 2 aromatic carbocycles. The van der Waals surface area contributed by atoms with Gasteiger partial charge in [0, 0.05) is 5.56 Å². The van der Waals surface area contributed by atoms with Gasteiger partial charge in [-0.1, -0.05) is 30.3 Å². The Morgan fingerprint density at radius 3 is 2.35 bits per heavy atom. The van der Waals surface area contributed by atoms with Crippen molar-refractivity contribution < 1.29 is 18.7 Å². The van der Waals surface area contributed by atoms with Crippen molar-refractivity contribution in [1.82, 2.24) is 19.7 Å². The quantitative estimate of drug-likeness (QED) is 0.536. The first-order chi connectivity index (χ1) is 15.0. The van der Waals surface area contributed by atoms with Crippen LogP contribution in [0.4, 0.5) is 8.78 Å². The zero-order chi connectivity index (χ0) is 21.8. The second-order valence-electron chi connectivity index (χ2n) is 7.41. The van der Waals surface area contributed by atoms with Gasteiger partial charge in [-0.15, -0.1) is 10.2 Å². The minimum absolute atomic E-state index is 0.206. The van der Waals surface area contributed by atoms with E-state index in [0.717, 1.165) is 61.2 Å². The molecule has 0 radical (unpaired) electrons. The Morgan fingerprint density at radius 1 is 1.03 bits per heavy atom. The molecule has 162 valence electrons. The zero-order valence-electron chi connectivity index (χ0n) is 16.8. The van der Waals surface area contributed by atoms with Crippen molar-refractivity contribution >= 4 is 17.5 Å². The van der Waals surface area contributed by atoms with Gasteiger partial charge in [0.25, 0.3) is 0 Å². The summed E-state index contributed by atoms with van der Waals surface area (Å²) in [7, 11) is 0. The first-order valence-corrected chi connectivity index (χ1v) is 10.9. The number of aliphatic hydroxyl groups is 1. The van der Waals surface area contributed by atoms with Gasteiger partial charge in [-0.05, 0) is 55.4 Å². The molecule has 0 saturated carbocycles. The van der Waals surface area contributed by atoms with Gasteiger partial charge >= 0.3 is 0 Å². The Bertz CT molecular complexity index is 1050. The number of nitrogens with zero attached hydrogens (tertiary/aromatic N) is 4. The normalized spacial score (nSPS) is 14.3. The fourth-order valence-corrected chi connectivity index (χ4v) is 4.44. The van der Waals surface area contributed by atoms with Crippen LogP contribution in [0.25, 0.3) is 0 Å². The summed E-state index contributed by atoms with van der Waals surface area (Å²) >= 11 is 0.841. The van der Waals surface area contributed by atoms with Crippen molar-refractivity contribution in [3.8, 4) is 0 Å². The molecule has 0 aliphatic carbocycles. The van der Waals surface area contributed by atoms with Gasteiger partial charge in [0.15, 0.2) is 10.9 Å². The Labute approximate surface area is 182 Å². The smallest absolute Gasteiger partial charge is 0.196 e. The van der Waals surface area contributed by atoms with Crippen LogP contribution in [-0.4, -0.2) is 50.3 Å². The third kappa shape index (κ3) is 5.00. The van der Waals surface area contributed by atoms with Crippen LogP contribution >= 0.6 is 11.8 Å². The van der Waals surface area contributed by atoms with Crippen molar-refractivity contribution in [2.24, 2.45) is 0 Å². The van der Waals surface area contributed by atoms with Crippen LogP contribution < -0.4 is 0 Å². The number of hydrogen-bond donors (Lipinski definition) is 1. The van der Waals surface area contributed by atoms with Crippen molar-refractivity contribution in [1.29, 1.82) is 0 Å². The van der Waals surface area contributed by atoms with Gasteiger partial charge in [-0.25, -0.2) is 8.78 Å². The molecule has 1 aliphatic rings. The molecule has 2 heterocycles. The third-order valence-corrected chi connectivity index (χ3v) is 6.28. The highest BCUT2D eigenvalue weighted by molar-refractivity contribution is 7.99. The van der Waals surface area contributed by atoms with Crippen LogP contribution in [0.2, 0.25) is 0 Å². The molecule has 0 spiro atoms. The van der Waals surface area contributed by atoms with Crippen LogP contribution in [0.1, 0.15) is 34.6 Å². The van der Waals surface area contributed by atoms with E-state index in [1.807, 2.05) is 34.9 Å². The van der Waals surface area contributed by atoms with E-state index in [1.54, 1.807) is 0 Å². The van der Waals surface area contributed by atoms with Gasteiger partial charge in [-0.3, -0.25) is 9.69 Å². The van der Waals surface area contributed by atoms with Gasteiger partial charge in [0.2, 0.25) is 0 Å². The van der Waals surface area contributed by atoms with Crippen LogP contribution in [0.5, 0.6) is 0 Å². The average Bonchev–Trinajstić information content (AvgIpc) is 3.42. The van der Waals surface area contributed by atoms with Crippen LogP contribution in [-0.2, 0) is 13.1 Å². The summed E-state index contributed by atoms with van der Waals surface area (Å²) in [5, 5.41) is 17.8. The Balaban J connectivity index is 1.66. The average molecular weight is 445 g/mol. The molecule has 0 amide bonds. The first-order valence-electron chi connectivity index (χ1n) is 10.0. The van der Waals surface area contributed by atoms with Crippen LogP contribution in [0.15, 0.2) is 52.5 Å². The van der Waals surface area contributed by atoms with E-state index in [-0.39, 0.29) is 10.5 Å². The highest BCUT2D eigenvalue weighted by Gasteiger charge is 2.22. The number of likely N-dealkylation sites (tertiary alicyclic amines) is 1. The molecule has 0 atom stereocenters. The summed E-state index contributed by atoms with van der Waals surface area (Å²) in [6.07, 6.45) is 2.29. The summed E-state index contributed by atoms with van der Waals surface area (Å²) in [4.78, 5) is 13.6. The number of hydrogen-bond acceptors (Lipinski definition) is 6. The predicted octanol–water partition coefficient (Wildman–Crippen LogP) is 3.53. The minimum Gasteiger partial charge on any atom is -0.388 e. The molecular weight excluding hydrogens is 422 g/mol. The maximum atomic E-state index is 14.6. The van der Waals surface area contributed by atoms with E-state index in [1.165, 1.54) is 0 Å². The maximum absolute atomic E-state index is 14.6. The molecule has 6 nitrogen and oxygen atoms in total. The van der Waals surface area contributed by atoms with E-state index in [2.05, 4.69) is 15.1 Å². The van der Waals surface area contributed by atoms with Crippen LogP contribution in [0.3, 0.4) is 0 Å². The third-order valence-electron chi connectivity index (χ3n) is 5.20. The van der Waals surface area contributed by atoms with E-state index in [4.69, 9.17) is 5.11 Å². The summed E-state index contributed by atoms with van der Waals surface area (Å²) in [6, 6.07) is 11.6. The lowest BCUT2D eigenvalue weighted by atomic mass is 10.1. The monoisotopic (exact) mass is 444 g/mol. The number of benzene rings is 2. The highest BCUT2D eigenvalue weighted by atomic mass is 32.2. The Morgan fingerprint density at radius 2 is 1.71 bits per heavy atom. The Kier molecular flexibility index (Phi) is 6.74. The van der Waals surface area contributed by atoms with Crippen molar-refractivity contribution in [3.63, 3.8) is 0 Å². The van der Waals surface area contributed by atoms with E-state index >= 15 is 0 Å². The molecular formula is C22H22F2N4O2S. The van der Waals surface area contributed by atoms with E-state index in [0.29, 0.717) is 18.2 Å². The number of carbonyl (C=O) groups excluding carboxylic acids is 1. The number of carbonyl (C=O) groups is 1. The molecule has 1 aliphatic heterocycles. The molecule has 1 saturated heterocycles. The summed E-state index contributed by atoms with van der Waals surface area (Å²) in [5.41, 5.74) is 0.819. The SMILES string of the molecule is O=C(CO)c1cc(F)c(Sc2nnc(CN3CCCC3)n2Cc2ccccc2)c(F)c1. The summed E-state index contributed by atoms with van der Waals surface area (Å²) in [6.45, 7) is 2.27. The molecule has 3 aromatic rings. The molecule has 1 N–H and O–H groups in total. The topological polar surface area (TPSA) is 71.2 Å². The van der Waals surface area contributed by atoms with Gasteiger partial charge in [0.05, 0.1) is 18.0 Å². The van der Waals surface area contributed by atoms with Crippen molar-refractivity contribution in [2.75, 3.05) is 19.7 Å². The fourth-order valence-electron chi connectivity index (χ4n) is 3.58. The molecule has 0 unspecified atom stereocenters. The van der Waals surface area contributed by atoms with Crippen molar-refractivity contribution in [3.05, 3.63) is 71.1 Å². The molecule has 1 aromatic heterocycles. The number of halogens is 2. The fraction of sp³-hybridized carbons (Fsp3) is 0.318.